The van der Waals surface area contributed by atoms with Gasteiger partial charge in [-0.1, -0.05) is 11.1 Å². The molecule has 5 aliphatic carbocycles. The van der Waals surface area contributed by atoms with Gasteiger partial charge in [0.2, 0.25) is 0 Å². The highest BCUT2D eigenvalue weighted by Gasteiger charge is 2.60. The predicted molar refractivity (Wildman–Crippen MR) is 39.5 cm³/mol. The van der Waals surface area contributed by atoms with Crippen molar-refractivity contribution in [3.05, 3.63) is 11.1 Å². The van der Waals surface area contributed by atoms with Crippen LogP contribution in [0.2, 0.25) is 0 Å². The summed E-state index contributed by atoms with van der Waals surface area (Å²) in [6.45, 7) is 0. The summed E-state index contributed by atoms with van der Waals surface area (Å²) < 4.78 is 0. The van der Waals surface area contributed by atoms with Crippen LogP contribution in [0.5, 0.6) is 0 Å². The second kappa shape index (κ2) is 1.11. The summed E-state index contributed by atoms with van der Waals surface area (Å²) in [5, 5.41) is 0. The fraction of sp³-hybridized carbons (Fsp3) is 0.800. The SMILES string of the molecule is C1C2=C3CC1C1C2CCC31. The third kappa shape index (κ3) is 0.260. The van der Waals surface area contributed by atoms with Crippen molar-refractivity contribution in [2.75, 3.05) is 0 Å². The van der Waals surface area contributed by atoms with Crippen LogP contribution in [0.3, 0.4) is 0 Å². The molecule has 0 heteroatoms. The molecule has 0 aromatic heterocycles. The molecule has 0 nitrogen and oxygen atoms in total. The fourth-order valence-corrected chi connectivity index (χ4v) is 4.45. The van der Waals surface area contributed by atoms with Crippen molar-refractivity contribution in [2.24, 2.45) is 23.7 Å². The molecule has 3 fully saturated rings. The molecule has 2 unspecified atom stereocenters. The minimum Gasteiger partial charge on any atom is -0.0670 e. The van der Waals surface area contributed by atoms with Gasteiger partial charge in [0.15, 0.2) is 0 Å². The number of allylic oxidation sites excluding steroid dienone is 2. The predicted octanol–water partition coefficient (Wildman–Crippen LogP) is 2.36. The Bertz CT molecular complexity index is 225. The van der Waals surface area contributed by atoms with Gasteiger partial charge in [-0.25, -0.2) is 0 Å². The average Bonchev–Trinajstić information content (AvgIpc) is 2.64. The van der Waals surface area contributed by atoms with Crippen molar-refractivity contribution in [1.29, 1.82) is 0 Å². The van der Waals surface area contributed by atoms with E-state index in [0.717, 1.165) is 17.8 Å². The first-order chi connectivity index (χ1) is 4.95. The molecule has 0 heterocycles. The van der Waals surface area contributed by atoms with Crippen LogP contribution in [-0.4, -0.2) is 0 Å². The average molecular weight is 132 g/mol. The van der Waals surface area contributed by atoms with Crippen LogP contribution in [-0.2, 0) is 0 Å². The Morgan fingerprint density at radius 1 is 0.900 bits per heavy atom. The van der Waals surface area contributed by atoms with Crippen molar-refractivity contribution in [1.82, 2.24) is 0 Å². The molecule has 5 aliphatic rings. The Labute approximate surface area is 61.3 Å². The maximum Gasteiger partial charge on any atom is -0.0163 e. The third-order valence-corrected chi connectivity index (χ3v) is 4.53. The van der Waals surface area contributed by atoms with Gasteiger partial charge in [-0.15, -0.1) is 0 Å². The van der Waals surface area contributed by atoms with E-state index in [1.807, 2.05) is 11.1 Å². The van der Waals surface area contributed by atoms with Gasteiger partial charge in [0.1, 0.15) is 0 Å². The normalized spacial score (nSPS) is 60.0. The van der Waals surface area contributed by atoms with Gasteiger partial charge in [0.25, 0.3) is 0 Å². The first-order valence-electron chi connectivity index (χ1n) is 4.67. The number of hydrogen-bond donors (Lipinski definition) is 0. The van der Waals surface area contributed by atoms with E-state index in [9.17, 15) is 0 Å². The topological polar surface area (TPSA) is 0 Å². The standard InChI is InChI=1S/C10H12/c1-2-7-9-4-5-3-8(9)6(1)10(5)7/h5-7,10H,1-4H2. The van der Waals surface area contributed by atoms with Crippen LogP contribution in [0.4, 0.5) is 0 Å². The zero-order valence-corrected chi connectivity index (χ0v) is 6.14. The molecule has 0 amide bonds. The van der Waals surface area contributed by atoms with Crippen molar-refractivity contribution in [3.8, 4) is 0 Å². The summed E-state index contributed by atoms with van der Waals surface area (Å²) >= 11 is 0. The van der Waals surface area contributed by atoms with E-state index in [1.165, 1.54) is 18.8 Å². The molecule has 0 radical (unpaired) electrons. The molecular weight excluding hydrogens is 120 g/mol. The van der Waals surface area contributed by atoms with Crippen LogP contribution in [0.1, 0.15) is 25.7 Å². The van der Waals surface area contributed by atoms with E-state index in [0.29, 0.717) is 0 Å². The van der Waals surface area contributed by atoms with Gasteiger partial charge < -0.3 is 0 Å². The molecule has 3 saturated carbocycles. The van der Waals surface area contributed by atoms with E-state index < -0.39 is 0 Å². The summed E-state index contributed by atoms with van der Waals surface area (Å²) in [5.41, 5.74) is 3.90. The Morgan fingerprint density at radius 3 is 1.90 bits per heavy atom. The van der Waals surface area contributed by atoms with E-state index in [2.05, 4.69) is 0 Å². The Kier molecular flexibility index (Phi) is 0.508. The lowest BCUT2D eigenvalue weighted by Crippen LogP contribution is -2.06. The smallest absolute Gasteiger partial charge is 0.0163 e. The van der Waals surface area contributed by atoms with Crippen molar-refractivity contribution in [3.63, 3.8) is 0 Å². The molecule has 0 N–H and O–H groups in total. The maximum atomic E-state index is 1.95. The zero-order valence-electron chi connectivity index (χ0n) is 6.14. The molecular formula is C10H12. The second-order valence-corrected chi connectivity index (χ2v) is 4.59. The molecule has 0 aromatic carbocycles. The Morgan fingerprint density at radius 2 is 1.50 bits per heavy atom. The van der Waals surface area contributed by atoms with Gasteiger partial charge in [-0.2, -0.15) is 0 Å². The molecule has 52 valence electrons. The van der Waals surface area contributed by atoms with Gasteiger partial charge in [-0.3, -0.25) is 0 Å². The van der Waals surface area contributed by atoms with Gasteiger partial charge >= 0.3 is 0 Å². The zero-order chi connectivity index (χ0) is 6.29. The van der Waals surface area contributed by atoms with Crippen molar-refractivity contribution < 1.29 is 0 Å². The van der Waals surface area contributed by atoms with Crippen LogP contribution in [0.15, 0.2) is 11.1 Å². The van der Waals surface area contributed by atoms with Crippen molar-refractivity contribution in [2.45, 2.75) is 25.7 Å². The highest BCUT2D eigenvalue weighted by atomic mass is 14.6. The fourth-order valence-electron chi connectivity index (χ4n) is 4.45. The molecule has 5 rings (SSSR count). The quantitative estimate of drug-likeness (QED) is 0.444. The minimum atomic E-state index is 1.12. The van der Waals surface area contributed by atoms with E-state index in [-0.39, 0.29) is 0 Å². The summed E-state index contributed by atoms with van der Waals surface area (Å²) in [4.78, 5) is 0. The molecule has 10 heavy (non-hydrogen) atoms. The first kappa shape index (κ1) is 4.58. The largest absolute Gasteiger partial charge is 0.0670 e. The van der Waals surface area contributed by atoms with Gasteiger partial charge in [-0.05, 0) is 49.4 Å². The first-order valence-corrected chi connectivity index (χ1v) is 4.67. The second-order valence-electron chi connectivity index (χ2n) is 4.59. The summed E-state index contributed by atoms with van der Waals surface area (Å²) in [7, 11) is 0. The lowest BCUT2D eigenvalue weighted by Gasteiger charge is -2.11. The summed E-state index contributed by atoms with van der Waals surface area (Å²) in [6.07, 6.45) is 6.18. The summed E-state index contributed by atoms with van der Waals surface area (Å²) in [6, 6.07) is 0. The molecule has 0 saturated heterocycles. The van der Waals surface area contributed by atoms with E-state index >= 15 is 0 Å². The Hall–Kier alpha value is -0.260. The maximum absolute atomic E-state index is 1.95. The van der Waals surface area contributed by atoms with Crippen LogP contribution in [0, 0.1) is 23.7 Å². The molecule has 0 aromatic rings. The monoisotopic (exact) mass is 132 g/mol. The lowest BCUT2D eigenvalue weighted by atomic mass is 9.94. The number of hydrogen-bond acceptors (Lipinski definition) is 0. The Balaban J connectivity index is 2.10. The third-order valence-electron chi connectivity index (χ3n) is 4.53. The van der Waals surface area contributed by atoms with Crippen LogP contribution >= 0.6 is 0 Å². The van der Waals surface area contributed by atoms with Crippen LogP contribution < -0.4 is 0 Å². The lowest BCUT2D eigenvalue weighted by molar-refractivity contribution is 0.374. The van der Waals surface area contributed by atoms with Gasteiger partial charge in [0.05, 0.1) is 0 Å². The molecule has 0 aliphatic heterocycles. The minimum absolute atomic E-state index is 1.12. The molecule has 6 bridgehead atoms. The highest BCUT2D eigenvalue weighted by Crippen LogP contribution is 2.70. The molecule has 0 spiro atoms. The van der Waals surface area contributed by atoms with Crippen molar-refractivity contribution >= 4 is 0 Å². The van der Waals surface area contributed by atoms with E-state index in [1.54, 1.807) is 12.8 Å². The van der Waals surface area contributed by atoms with E-state index in [4.69, 9.17) is 0 Å². The summed E-state index contributed by atoms with van der Waals surface area (Å²) in [5.74, 6) is 4.59. The molecule has 2 atom stereocenters. The van der Waals surface area contributed by atoms with Crippen LogP contribution in [0.25, 0.3) is 0 Å². The van der Waals surface area contributed by atoms with Gasteiger partial charge in [0, 0.05) is 0 Å². The highest BCUT2D eigenvalue weighted by molar-refractivity contribution is 5.43. The number of rotatable bonds is 0.